The molecule has 0 saturated carbocycles. The number of hydrogen-bond acceptors (Lipinski definition) is 2. The SMILES string of the molecule is COC(=O)/C=C(\C)c1ccc(-c2cccc(C)c2)cc1. The number of esters is 1. The van der Waals surface area contributed by atoms with E-state index in [4.69, 9.17) is 0 Å². The molecule has 0 aromatic heterocycles. The molecule has 0 aliphatic carbocycles. The minimum atomic E-state index is -0.328. The maximum Gasteiger partial charge on any atom is 0.330 e. The second kappa shape index (κ2) is 6.20. The molecule has 0 unspecified atom stereocenters. The average Bonchev–Trinajstić information content (AvgIpc) is 2.47. The fourth-order valence-corrected chi connectivity index (χ4v) is 2.07. The monoisotopic (exact) mass is 266 g/mol. The molecule has 0 fully saturated rings. The van der Waals surface area contributed by atoms with E-state index in [2.05, 4.69) is 48.1 Å². The van der Waals surface area contributed by atoms with Crippen LogP contribution in [0.1, 0.15) is 18.1 Å². The van der Waals surface area contributed by atoms with Crippen molar-refractivity contribution in [2.45, 2.75) is 13.8 Å². The number of carbonyl (C=O) groups is 1. The van der Waals surface area contributed by atoms with Crippen LogP contribution in [0.2, 0.25) is 0 Å². The fraction of sp³-hybridized carbons (Fsp3) is 0.167. The normalized spacial score (nSPS) is 11.2. The molecule has 2 aromatic carbocycles. The Morgan fingerprint density at radius 3 is 2.35 bits per heavy atom. The number of hydrogen-bond donors (Lipinski definition) is 0. The minimum Gasteiger partial charge on any atom is -0.466 e. The molecule has 0 saturated heterocycles. The van der Waals surface area contributed by atoms with Crippen molar-refractivity contribution in [1.82, 2.24) is 0 Å². The second-order valence-corrected chi connectivity index (χ2v) is 4.80. The first-order valence-electron chi connectivity index (χ1n) is 6.54. The van der Waals surface area contributed by atoms with Crippen molar-refractivity contribution in [2.24, 2.45) is 0 Å². The Labute approximate surface area is 119 Å². The van der Waals surface area contributed by atoms with Gasteiger partial charge in [0.2, 0.25) is 0 Å². The number of aryl methyl sites for hydroxylation is 1. The summed E-state index contributed by atoms with van der Waals surface area (Å²) in [6.45, 7) is 3.99. The topological polar surface area (TPSA) is 26.3 Å². The lowest BCUT2D eigenvalue weighted by Crippen LogP contribution is -1.95. The lowest BCUT2D eigenvalue weighted by molar-refractivity contribution is -0.134. The molecule has 0 atom stereocenters. The predicted molar refractivity (Wildman–Crippen MR) is 82.3 cm³/mol. The summed E-state index contributed by atoms with van der Waals surface area (Å²) in [6.07, 6.45) is 1.50. The molecule has 2 rings (SSSR count). The molecule has 2 aromatic rings. The number of methoxy groups -OCH3 is 1. The minimum absolute atomic E-state index is 0.328. The van der Waals surface area contributed by atoms with Gasteiger partial charge in [-0.05, 0) is 36.1 Å². The number of benzene rings is 2. The summed E-state index contributed by atoms with van der Waals surface area (Å²) in [4.78, 5) is 11.2. The highest BCUT2D eigenvalue weighted by molar-refractivity contribution is 5.91. The molecule has 20 heavy (non-hydrogen) atoms. The Kier molecular flexibility index (Phi) is 4.36. The van der Waals surface area contributed by atoms with Crippen molar-refractivity contribution in [3.8, 4) is 11.1 Å². The van der Waals surface area contributed by atoms with Crippen LogP contribution in [-0.4, -0.2) is 13.1 Å². The van der Waals surface area contributed by atoms with E-state index in [0.717, 1.165) is 11.1 Å². The smallest absolute Gasteiger partial charge is 0.330 e. The number of carbonyl (C=O) groups excluding carboxylic acids is 1. The van der Waals surface area contributed by atoms with E-state index >= 15 is 0 Å². The van der Waals surface area contributed by atoms with Crippen molar-refractivity contribution < 1.29 is 9.53 Å². The highest BCUT2D eigenvalue weighted by Crippen LogP contribution is 2.23. The Hall–Kier alpha value is -2.35. The van der Waals surface area contributed by atoms with E-state index in [0.29, 0.717) is 0 Å². The van der Waals surface area contributed by atoms with Crippen LogP contribution in [0.4, 0.5) is 0 Å². The van der Waals surface area contributed by atoms with Crippen LogP contribution in [0.3, 0.4) is 0 Å². The van der Waals surface area contributed by atoms with Gasteiger partial charge in [-0.15, -0.1) is 0 Å². The summed E-state index contributed by atoms with van der Waals surface area (Å²) in [7, 11) is 1.38. The number of allylic oxidation sites excluding steroid dienone is 1. The first-order chi connectivity index (χ1) is 9.60. The third-order valence-electron chi connectivity index (χ3n) is 3.23. The van der Waals surface area contributed by atoms with Crippen LogP contribution in [0, 0.1) is 6.92 Å². The van der Waals surface area contributed by atoms with Crippen molar-refractivity contribution in [3.63, 3.8) is 0 Å². The first-order valence-corrected chi connectivity index (χ1v) is 6.54. The quantitative estimate of drug-likeness (QED) is 0.613. The second-order valence-electron chi connectivity index (χ2n) is 4.80. The number of ether oxygens (including phenoxy) is 1. The van der Waals surface area contributed by atoms with Crippen LogP contribution in [0.15, 0.2) is 54.6 Å². The molecule has 0 bridgehead atoms. The van der Waals surface area contributed by atoms with E-state index in [9.17, 15) is 4.79 Å². The van der Waals surface area contributed by atoms with Gasteiger partial charge in [0.05, 0.1) is 7.11 Å². The van der Waals surface area contributed by atoms with E-state index in [-0.39, 0.29) is 5.97 Å². The van der Waals surface area contributed by atoms with E-state index in [1.165, 1.54) is 29.9 Å². The van der Waals surface area contributed by atoms with Gasteiger partial charge in [-0.1, -0.05) is 54.1 Å². The van der Waals surface area contributed by atoms with Crippen LogP contribution in [-0.2, 0) is 9.53 Å². The highest BCUT2D eigenvalue weighted by Gasteiger charge is 2.02. The summed E-state index contributed by atoms with van der Waals surface area (Å²) in [5, 5.41) is 0. The summed E-state index contributed by atoms with van der Waals surface area (Å²) >= 11 is 0. The van der Waals surface area contributed by atoms with Gasteiger partial charge in [0.1, 0.15) is 0 Å². The molecule has 0 aliphatic rings. The summed E-state index contributed by atoms with van der Waals surface area (Å²) < 4.78 is 4.63. The third kappa shape index (κ3) is 3.35. The van der Waals surface area contributed by atoms with Crippen LogP contribution in [0.5, 0.6) is 0 Å². The Morgan fingerprint density at radius 1 is 1.05 bits per heavy atom. The van der Waals surface area contributed by atoms with Gasteiger partial charge in [-0.2, -0.15) is 0 Å². The standard InChI is InChI=1S/C18H18O2/c1-13-5-4-6-17(11-13)16-9-7-15(8-10-16)14(2)12-18(19)20-3/h4-12H,1-3H3/b14-12+. The van der Waals surface area contributed by atoms with Gasteiger partial charge in [-0.3, -0.25) is 0 Å². The molecule has 2 nitrogen and oxygen atoms in total. The summed E-state index contributed by atoms with van der Waals surface area (Å²) in [5.41, 5.74) is 5.53. The lowest BCUT2D eigenvalue weighted by atomic mass is 10.00. The first kappa shape index (κ1) is 14.1. The zero-order chi connectivity index (χ0) is 14.5. The third-order valence-corrected chi connectivity index (χ3v) is 3.23. The van der Waals surface area contributed by atoms with Crippen molar-refractivity contribution >= 4 is 11.5 Å². The Morgan fingerprint density at radius 2 is 1.75 bits per heavy atom. The van der Waals surface area contributed by atoms with Gasteiger partial charge < -0.3 is 4.74 Å². The molecule has 2 heteroatoms. The van der Waals surface area contributed by atoms with Crippen molar-refractivity contribution in [2.75, 3.05) is 7.11 Å². The molecular formula is C18H18O2. The van der Waals surface area contributed by atoms with Gasteiger partial charge in [0.15, 0.2) is 0 Å². The maximum absolute atomic E-state index is 11.2. The molecule has 0 heterocycles. The van der Waals surface area contributed by atoms with Crippen LogP contribution < -0.4 is 0 Å². The van der Waals surface area contributed by atoms with E-state index < -0.39 is 0 Å². The zero-order valence-electron chi connectivity index (χ0n) is 12.0. The molecule has 0 spiro atoms. The summed E-state index contributed by atoms with van der Waals surface area (Å²) in [5.74, 6) is -0.328. The zero-order valence-corrected chi connectivity index (χ0v) is 12.0. The van der Waals surface area contributed by atoms with Crippen molar-refractivity contribution in [1.29, 1.82) is 0 Å². The number of rotatable bonds is 3. The van der Waals surface area contributed by atoms with E-state index in [1.54, 1.807) is 0 Å². The molecular weight excluding hydrogens is 248 g/mol. The maximum atomic E-state index is 11.2. The van der Waals surface area contributed by atoms with E-state index in [1.807, 2.05) is 19.1 Å². The largest absolute Gasteiger partial charge is 0.466 e. The van der Waals surface area contributed by atoms with Gasteiger partial charge >= 0.3 is 5.97 Å². The average molecular weight is 266 g/mol. The highest BCUT2D eigenvalue weighted by atomic mass is 16.5. The molecule has 0 N–H and O–H groups in total. The van der Waals surface area contributed by atoms with Gasteiger partial charge in [-0.25, -0.2) is 4.79 Å². The predicted octanol–water partition coefficient (Wildman–Crippen LogP) is 4.24. The fourth-order valence-electron chi connectivity index (χ4n) is 2.07. The molecule has 0 radical (unpaired) electrons. The van der Waals surface area contributed by atoms with Crippen LogP contribution >= 0.6 is 0 Å². The lowest BCUT2D eigenvalue weighted by Gasteiger charge is -2.06. The van der Waals surface area contributed by atoms with Gasteiger partial charge in [0.25, 0.3) is 0 Å². The van der Waals surface area contributed by atoms with Gasteiger partial charge in [0, 0.05) is 6.08 Å². The molecule has 0 amide bonds. The Bertz CT molecular complexity index is 637. The molecule has 0 aliphatic heterocycles. The summed E-state index contributed by atoms with van der Waals surface area (Å²) in [6, 6.07) is 16.6. The molecule has 102 valence electrons. The van der Waals surface area contributed by atoms with Crippen LogP contribution in [0.25, 0.3) is 16.7 Å². The Balaban J connectivity index is 2.27. The van der Waals surface area contributed by atoms with Crippen molar-refractivity contribution in [3.05, 3.63) is 65.7 Å².